The van der Waals surface area contributed by atoms with Crippen molar-refractivity contribution in [1.29, 1.82) is 0 Å². The number of likely N-dealkylation sites (N-methyl/N-ethyl adjacent to an activating group) is 1. The Balaban J connectivity index is 2.14. The van der Waals surface area contributed by atoms with E-state index in [0.717, 1.165) is 19.0 Å². The fraction of sp³-hybridized carbons (Fsp3) is 1.00. The van der Waals surface area contributed by atoms with Gasteiger partial charge in [0.25, 0.3) is 0 Å². The van der Waals surface area contributed by atoms with Crippen LogP contribution in [0.3, 0.4) is 0 Å². The molecule has 1 saturated heterocycles. The minimum absolute atomic E-state index is 0.781. The van der Waals surface area contributed by atoms with Crippen molar-refractivity contribution in [2.45, 2.75) is 12.8 Å². The Morgan fingerprint density at radius 3 is 2.54 bits per heavy atom. The number of rotatable bonds is 4. The van der Waals surface area contributed by atoms with E-state index in [1.807, 2.05) is 0 Å². The summed E-state index contributed by atoms with van der Waals surface area (Å²) in [5, 5.41) is 0. The van der Waals surface area contributed by atoms with E-state index in [-0.39, 0.29) is 0 Å². The van der Waals surface area contributed by atoms with Crippen molar-refractivity contribution in [1.82, 2.24) is 9.80 Å². The maximum absolute atomic E-state index is 5.51. The molecule has 3 nitrogen and oxygen atoms in total. The highest BCUT2D eigenvalue weighted by molar-refractivity contribution is 4.72. The van der Waals surface area contributed by atoms with Gasteiger partial charge >= 0.3 is 0 Å². The van der Waals surface area contributed by atoms with Gasteiger partial charge in [0.1, 0.15) is 0 Å². The summed E-state index contributed by atoms with van der Waals surface area (Å²) < 4.78 is 0. The van der Waals surface area contributed by atoms with Crippen LogP contribution >= 0.6 is 0 Å². The van der Waals surface area contributed by atoms with Crippen LogP contribution in [0.1, 0.15) is 12.8 Å². The van der Waals surface area contributed by atoms with Crippen molar-refractivity contribution in [3.8, 4) is 0 Å². The van der Waals surface area contributed by atoms with Gasteiger partial charge in [0, 0.05) is 19.6 Å². The van der Waals surface area contributed by atoms with Crippen molar-refractivity contribution in [2.75, 3.05) is 46.8 Å². The highest BCUT2D eigenvalue weighted by atomic mass is 15.1. The molecule has 0 radical (unpaired) electrons. The van der Waals surface area contributed by atoms with Crippen LogP contribution in [0.2, 0.25) is 0 Å². The monoisotopic (exact) mass is 185 g/mol. The molecule has 1 aliphatic rings. The third kappa shape index (κ3) is 4.07. The van der Waals surface area contributed by atoms with Gasteiger partial charge in [-0.2, -0.15) is 0 Å². The maximum atomic E-state index is 5.51. The van der Waals surface area contributed by atoms with Crippen LogP contribution in [-0.2, 0) is 0 Å². The van der Waals surface area contributed by atoms with E-state index in [0.29, 0.717) is 0 Å². The summed E-state index contributed by atoms with van der Waals surface area (Å²) in [7, 11) is 4.38. The molecule has 0 saturated carbocycles. The average Bonchev–Trinajstić information content (AvgIpc) is 2.09. The fourth-order valence-electron chi connectivity index (χ4n) is 2.00. The molecule has 0 aliphatic carbocycles. The SMILES string of the molecule is CN1CCC(CN(C)CCN)CC1. The van der Waals surface area contributed by atoms with Gasteiger partial charge < -0.3 is 15.5 Å². The normalized spacial score (nSPS) is 21.2. The topological polar surface area (TPSA) is 32.5 Å². The highest BCUT2D eigenvalue weighted by Crippen LogP contribution is 2.16. The molecule has 2 N–H and O–H groups in total. The Morgan fingerprint density at radius 2 is 2.00 bits per heavy atom. The first-order chi connectivity index (χ1) is 6.22. The van der Waals surface area contributed by atoms with Crippen LogP contribution < -0.4 is 5.73 Å². The van der Waals surface area contributed by atoms with Crippen LogP contribution in [0.5, 0.6) is 0 Å². The summed E-state index contributed by atoms with van der Waals surface area (Å²) in [6.07, 6.45) is 2.71. The third-order valence-electron chi connectivity index (χ3n) is 2.92. The van der Waals surface area contributed by atoms with Gasteiger partial charge in [0.2, 0.25) is 0 Å². The predicted octanol–water partition coefficient (Wildman–Crippen LogP) is 0.219. The van der Waals surface area contributed by atoms with E-state index in [9.17, 15) is 0 Å². The van der Waals surface area contributed by atoms with E-state index < -0.39 is 0 Å². The van der Waals surface area contributed by atoms with Crippen LogP contribution in [-0.4, -0.2) is 56.6 Å². The Morgan fingerprint density at radius 1 is 1.38 bits per heavy atom. The zero-order valence-electron chi connectivity index (χ0n) is 9.00. The molecule has 0 aromatic heterocycles. The summed E-state index contributed by atoms with van der Waals surface area (Å²) >= 11 is 0. The molecule has 0 aromatic rings. The number of hydrogen-bond donors (Lipinski definition) is 1. The van der Waals surface area contributed by atoms with Crippen molar-refractivity contribution in [2.24, 2.45) is 11.7 Å². The molecule has 0 unspecified atom stereocenters. The standard InChI is InChI=1S/C10H23N3/c1-12-6-3-10(4-7-12)9-13(2)8-5-11/h10H,3-9,11H2,1-2H3. The molecule has 1 rings (SSSR count). The van der Waals surface area contributed by atoms with E-state index >= 15 is 0 Å². The minimum atomic E-state index is 0.781. The summed E-state index contributed by atoms with van der Waals surface area (Å²) in [6.45, 7) is 5.57. The summed E-state index contributed by atoms with van der Waals surface area (Å²) in [4.78, 5) is 4.77. The van der Waals surface area contributed by atoms with Crippen molar-refractivity contribution < 1.29 is 0 Å². The van der Waals surface area contributed by atoms with E-state index in [1.54, 1.807) is 0 Å². The lowest BCUT2D eigenvalue weighted by molar-refractivity contribution is 0.178. The van der Waals surface area contributed by atoms with Crippen LogP contribution in [0, 0.1) is 5.92 Å². The van der Waals surface area contributed by atoms with Gasteiger partial charge in [-0.25, -0.2) is 0 Å². The number of nitrogens with zero attached hydrogens (tertiary/aromatic N) is 2. The predicted molar refractivity (Wildman–Crippen MR) is 56.8 cm³/mol. The van der Waals surface area contributed by atoms with Crippen molar-refractivity contribution >= 4 is 0 Å². The van der Waals surface area contributed by atoms with Gasteiger partial charge in [0.15, 0.2) is 0 Å². The summed E-state index contributed by atoms with van der Waals surface area (Å²) in [5.41, 5.74) is 5.51. The van der Waals surface area contributed by atoms with Crippen molar-refractivity contribution in [3.05, 3.63) is 0 Å². The second kappa shape index (κ2) is 5.58. The average molecular weight is 185 g/mol. The molecule has 0 spiro atoms. The largest absolute Gasteiger partial charge is 0.329 e. The number of likely N-dealkylation sites (tertiary alicyclic amines) is 1. The lowest BCUT2D eigenvalue weighted by Gasteiger charge is -2.31. The Kier molecular flexibility index (Phi) is 4.70. The highest BCUT2D eigenvalue weighted by Gasteiger charge is 2.17. The fourth-order valence-corrected chi connectivity index (χ4v) is 2.00. The van der Waals surface area contributed by atoms with Gasteiger partial charge in [-0.1, -0.05) is 0 Å². The van der Waals surface area contributed by atoms with E-state index in [4.69, 9.17) is 5.73 Å². The first-order valence-electron chi connectivity index (χ1n) is 5.29. The molecular weight excluding hydrogens is 162 g/mol. The molecule has 0 aromatic carbocycles. The van der Waals surface area contributed by atoms with Crippen molar-refractivity contribution in [3.63, 3.8) is 0 Å². The minimum Gasteiger partial charge on any atom is -0.329 e. The molecule has 78 valence electrons. The van der Waals surface area contributed by atoms with Gasteiger partial charge in [-0.05, 0) is 45.9 Å². The molecule has 0 atom stereocenters. The Hall–Kier alpha value is -0.120. The zero-order chi connectivity index (χ0) is 9.68. The van der Waals surface area contributed by atoms with Crippen LogP contribution in [0.15, 0.2) is 0 Å². The van der Waals surface area contributed by atoms with Crippen LogP contribution in [0.4, 0.5) is 0 Å². The molecule has 3 heteroatoms. The van der Waals surface area contributed by atoms with E-state index in [2.05, 4.69) is 23.9 Å². The van der Waals surface area contributed by atoms with Gasteiger partial charge in [-0.3, -0.25) is 0 Å². The smallest absolute Gasteiger partial charge is 0.0102 e. The first-order valence-corrected chi connectivity index (χ1v) is 5.29. The quantitative estimate of drug-likeness (QED) is 0.680. The Bertz CT molecular complexity index is 130. The third-order valence-corrected chi connectivity index (χ3v) is 2.92. The van der Waals surface area contributed by atoms with Gasteiger partial charge in [-0.15, -0.1) is 0 Å². The summed E-state index contributed by atoms with van der Waals surface area (Å²) in [6, 6.07) is 0. The van der Waals surface area contributed by atoms with E-state index in [1.165, 1.54) is 32.5 Å². The molecule has 0 bridgehead atoms. The molecule has 1 aliphatic heterocycles. The molecular formula is C10H23N3. The number of hydrogen-bond acceptors (Lipinski definition) is 3. The second-order valence-electron chi connectivity index (χ2n) is 4.30. The molecule has 0 amide bonds. The lowest BCUT2D eigenvalue weighted by atomic mass is 9.97. The number of nitrogens with two attached hydrogens (primary N) is 1. The Labute approximate surface area is 81.9 Å². The molecule has 1 heterocycles. The second-order valence-corrected chi connectivity index (χ2v) is 4.30. The molecule has 1 fully saturated rings. The maximum Gasteiger partial charge on any atom is 0.0102 e. The van der Waals surface area contributed by atoms with Gasteiger partial charge in [0.05, 0.1) is 0 Å². The summed E-state index contributed by atoms with van der Waals surface area (Å²) in [5.74, 6) is 0.896. The molecule has 13 heavy (non-hydrogen) atoms. The van der Waals surface area contributed by atoms with Crippen LogP contribution in [0.25, 0.3) is 0 Å². The first kappa shape index (κ1) is 11.0. The zero-order valence-corrected chi connectivity index (χ0v) is 9.00. The number of piperidine rings is 1. The lowest BCUT2D eigenvalue weighted by Crippen LogP contribution is -2.37.